The van der Waals surface area contributed by atoms with Crippen LogP contribution in [0.4, 0.5) is 5.69 Å². The second-order valence-electron chi connectivity index (χ2n) is 4.19. The lowest BCUT2D eigenvalue weighted by Gasteiger charge is -2.15. The normalized spacial score (nSPS) is 18.6. The van der Waals surface area contributed by atoms with Crippen molar-refractivity contribution in [3.8, 4) is 5.75 Å². The van der Waals surface area contributed by atoms with Gasteiger partial charge in [0.25, 0.3) is 5.91 Å². The second kappa shape index (κ2) is 6.00. The maximum absolute atomic E-state index is 12.2. The molecule has 0 bridgehead atoms. The zero-order valence-electron chi connectivity index (χ0n) is 10.4. The summed E-state index contributed by atoms with van der Waals surface area (Å²) in [6, 6.07) is 5.54. The summed E-state index contributed by atoms with van der Waals surface area (Å²) in [7, 11) is 0. The van der Waals surface area contributed by atoms with Crippen molar-refractivity contribution in [3.05, 3.63) is 23.8 Å². The number of carbonyl (C=O) groups is 1. The summed E-state index contributed by atoms with van der Waals surface area (Å²) in [5.74, 6) is 2.50. The first-order chi connectivity index (χ1) is 8.72. The number of carbonyl (C=O) groups excluding carboxylic acids is 1. The molecule has 2 rings (SSSR count). The van der Waals surface area contributed by atoms with E-state index in [2.05, 4.69) is 5.32 Å². The van der Waals surface area contributed by atoms with Crippen LogP contribution in [0.2, 0.25) is 0 Å². The van der Waals surface area contributed by atoms with Gasteiger partial charge in [-0.3, -0.25) is 4.79 Å². The Morgan fingerprint density at radius 2 is 2.44 bits per heavy atom. The van der Waals surface area contributed by atoms with Crippen molar-refractivity contribution in [2.24, 2.45) is 0 Å². The smallest absolute Gasteiger partial charge is 0.257 e. The number of nitrogens with one attached hydrogen (secondary N) is 1. The fourth-order valence-corrected chi connectivity index (χ4v) is 3.13. The maximum atomic E-state index is 12.2. The Kier molecular flexibility index (Phi) is 4.36. The lowest BCUT2D eigenvalue weighted by Crippen LogP contribution is -2.35. The fraction of sp³-hybridized carbons (Fsp3) is 0.462. The average Bonchev–Trinajstić information content (AvgIpc) is 2.82. The van der Waals surface area contributed by atoms with E-state index in [0.717, 1.165) is 17.9 Å². The minimum atomic E-state index is -0.135. The highest BCUT2D eigenvalue weighted by molar-refractivity contribution is 7.99. The first-order valence-corrected chi connectivity index (χ1v) is 7.27. The van der Waals surface area contributed by atoms with E-state index in [1.807, 2.05) is 18.7 Å². The molecule has 1 heterocycles. The van der Waals surface area contributed by atoms with Gasteiger partial charge in [0.1, 0.15) is 11.3 Å². The molecule has 3 N–H and O–H groups in total. The molecule has 1 fully saturated rings. The monoisotopic (exact) mass is 266 g/mol. The van der Waals surface area contributed by atoms with Crippen LogP contribution in [-0.4, -0.2) is 30.1 Å². The van der Waals surface area contributed by atoms with E-state index in [-0.39, 0.29) is 11.9 Å². The Hall–Kier alpha value is -1.36. The van der Waals surface area contributed by atoms with Crippen LogP contribution in [0.25, 0.3) is 0 Å². The summed E-state index contributed by atoms with van der Waals surface area (Å²) in [5, 5.41) is 3.02. The number of hydrogen-bond acceptors (Lipinski definition) is 4. The van der Waals surface area contributed by atoms with Gasteiger partial charge in [-0.15, -0.1) is 0 Å². The van der Waals surface area contributed by atoms with Crippen LogP contribution in [0.3, 0.4) is 0 Å². The largest absolute Gasteiger partial charge is 0.493 e. The predicted molar refractivity (Wildman–Crippen MR) is 75.2 cm³/mol. The van der Waals surface area contributed by atoms with Crippen LogP contribution in [-0.2, 0) is 0 Å². The number of rotatable bonds is 4. The van der Waals surface area contributed by atoms with E-state index in [0.29, 0.717) is 23.6 Å². The third-order valence-corrected chi connectivity index (χ3v) is 4.01. The van der Waals surface area contributed by atoms with Gasteiger partial charge in [0.2, 0.25) is 0 Å². The van der Waals surface area contributed by atoms with Gasteiger partial charge in [-0.05, 0) is 31.2 Å². The number of nitrogens with two attached hydrogens (primary N) is 1. The van der Waals surface area contributed by atoms with Crippen LogP contribution in [0, 0.1) is 0 Å². The highest BCUT2D eigenvalue weighted by Gasteiger charge is 2.22. The molecule has 1 saturated heterocycles. The van der Waals surface area contributed by atoms with E-state index in [9.17, 15) is 4.79 Å². The number of nitrogen functional groups attached to an aromatic ring is 1. The van der Waals surface area contributed by atoms with Crippen molar-refractivity contribution in [1.29, 1.82) is 0 Å². The zero-order valence-corrected chi connectivity index (χ0v) is 11.3. The van der Waals surface area contributed by atoms with Crippen molar-refractivity contribution in [3.63, 3.8) is 0 Å². The van der Waals surface area contributed by atoms with Crippen LogP contribution in [0.1, 0.15) is 23.7 Å². The van der Waals surface area contributed by atoms with Gasteiger partial charge >= 0.3 is 0 Å². The molecule has 4 nitrogen and oxygen atoms in total. The van der Waals surface area contributed by atoms with E-state index < -0.39 is 0 Å². The predicted octanol–water partition coefficient (Wildman–Crippen LogP) is 1.90. The Bertz CT molecular complexity index is 431. The molecule has 1 aliphatic rings. The molecule has 98 valence electrons. The number of anilines is 1. The summed E-state index contributed by atoms with van der Waals surface area (Å²) in [6.07, 6.45) is 1.02. The lowest BCUT2D eigenvalue weighted by molar-refractivity contribution is 0.0938. The summed E-state index contributed by atoms with van der Waals surface area (Å²) < 4.78 is 5.46. The molecule has 0 saturated carbocycles. The zero-order chi connectivity index (χ0) is 13.0. The van der Waals surface area contributed by atoms with E-state index in [1.165, 1.54) is 0 Å². The molecule has 0 aromatic heterocycles. The number of thioether (sulfide) groups is 1. The lowest BCUT2D eigenvalue weighted by atomic mass is 10.1. The molecule has 1 aliphatic heterocycles. The standard InChI is InChI=1S/C13H18N2O2S/c1-2-17-11-5-3-4-10(14)12(11)13(16)15-9-6-7-18-8-9/h3-5,9H,2,6-8,14H2,1H3,(H,15,16). The van der Waals surface area contributed by atoms with Crippen LogP contribution >= 0.6 is 11.8 Å². The van der Waals surface area contributed by atoms with Crippen molar-refractivity contribution in [2.45, 2.75) is 19.4 Å². The van der Waals surface area contributed by atoms with E-state index in [1.54, 1.807) is 18.2 Å². The number of hydrogen-bond donors (Lipinski definition) is 2. The molecule has 18 heavy (non-hydrogen) atoms. The van der Waals surface area contributed by atoms with Crippen LogP contribution < -0.4 is 15.8 Å². The SMILES string of the molecule is CCOc1cccc(N)c1C(=O)NC1CCSC1. The molecule has 1 unspecified atom stereocenters. The number of ether oxygens (including phenoxy) is 1. The van der Waals surface area contributed by atoms with Gasteiger partial charge in [0, 0.05) is 17.5 Å². The maximum Gasteiger partial charge on any atom is 0.257 e. The molecule has 1 aromatic rings. The van der Waals surface area contributed by atoms with Crippen LogP contribution in [0.5, 0.6) is 5.75 Å². The van der Waals surface area contributed by atoms with Gasteiger partial charge in [-0.1, -0.05) is 6.07 Å². The minimum absolute atomic E-state index is 0.135. The van der Waals surface area contributed by atoms with Crippen molar-refractivity contribution >= 4 is 23.4 Å². The van der Waals surface area contributed by atoms with Crippen molar-refractivity contribution in [2.75, 3.05) is 23.8 Å². The molecule has 1 aromatic carbocycles. The summed E-state index contributed by atoms with van der Waals surface area (Å²) in [6.45, 7) is 2.40. The third-order valence-electron chi connectivity index (χ3n) is 2.85. The Morgan fingerprint density at radius 1 is 1.61 bits per heavy atom. The molecule has 0 radical (unpaired) electrons. The third kappa shape index (κ3) is 2.90. The molecule has 5 heteroatoms. The van der Waals surface area contributed by atoms with Gasteiger partial charge in [-0.25, -0.2) is 0 Å². The van der Waals surface area contributed by atoms with E-state index in [4.69, 9.17) is 10.5 Å². The molecular weight excluding hydrogens is 248 g/mol. The second-order valence-corrected chi connectivity index (χ2v) is 5.34. The first kappa shape index (κ1) is 13.1. The molecule has 1 amide bonds. The molecule has 1 atom stereocenters. The highest BCUT2D eigenvalue weighted by atomic mass is 32.2. The van der Waals surface area contributed by atoms with Gasteiger partial charge in [-0.2, -0.15) is 11.8 Å². The highest BCUT2D eigenvalue weighted by Crippen LogP contribution is 2.25. The summed E-state index contributed by atoms with van der Waals surface area (Å²) in [5.41, 5.74) is 6.80. The van der Waals surface area contributed by atoms with E-state index >= 15 is 0 Å². The molecular formula is C13H18N2O2S. The Labute approximate surface area is 111 Å². The summed E-state index contributed by atoms with van der Waals surface area (Å²) in [4.78, 5) is 12.2. The molecule has 0 aliphatic carbocycles. The molecule has 0 spiro atoms. The van der Waals surface area contributed by atoms with Gasteiger partial charge in [0.05, 0.1) is 6.61 Å². The first-order valence-electron chi connectivity index (χ1n) is 6.12. The Morgan fingerprint density at radius 3 is 3.11 bits per heavy atom. The minimum Gasteiger partial charge on any atom is -0.493 e. The van der Waals surface area contributed by atoms with Crippen molar-refractivity contribution in [1.82, 2.24) is 5.32 Å². The number of benzene rings is 1. The van der Waals surface area contributed by atoms with Gasteiger partial charge < -0.3 is 15.8 Å². The topological polar surface area (TPSA) is 64.3 Å². The van der Waals surface area contributed by atoms with Gasteiger partial charge in [0.15, 0.2) is 0 Å². The fourth-order valence-electron chi connectivity index (χ4n) is 1.97. The Balaban J connectivity index is 2.17. The van der Waals surface area contributed by atoms with Crippen molar-refractivity contribution < 1.29 is 9.53 Å². The average molecular weight is 266 g/mol. The quantitative estimate of drug-likeness (QED) is 0.817. The summed E-state index contributed by atoms with van der Waals surface area (Å²) >= 11 is 1.86. The van der Waals surface area contributed by atoms with Crippen LogP contribution in [0.15, 0.2) is 18.2 Å². The number of amides is 1.